The van der Waals surface area contributed by atoms with E-state index in [1.807, 2.05) is 30.5 Å². The molecule has 1 saturated heterocycles. The second kappa shape index (κ2) is 7.86. The number of aromatic nitrogens is 1. The van der Waals surface area contributed by atoms with Gasteiger partial charge in [0.2, 0.25) is 0 Å². The molecule has 1 fully saturated rings. The van der Waals surface area contributed by atoms with Crippen LogP contribution in [0.1, 0.15) is 24.6 Å². The first-order valence-electron chi connectivity index (χ1n) is 8.70. The monoisotopic (exact) mass is 327 g/mol. The number of nitrogens with zero attached hydrogens (tertiary/aromatic N) is 2. The molecule has 0 radical (unpaired) electrons. The summed E-state index contributed by atoms with van der Waals surface area (Å²) in [7, 11) is 0. The fraction of sp³-hybridized carbons (Fsp3) is 0.450. The summed E-state index contributed by atoms with van der Waals surface area (Å²) in [4.78, 5) is 6.91. The van der Waals surface area contributed by atoms with E-state index < -0.39 is 0 Å². The second-order valence-electron chi connectivity index (χ2n) is 7.15. The number of hydrogen-bond acceptors (Lipinski definition) is 3. The number of rotatable bonds is 7. The van der Waals surface area contributed by atoms with Gasteiger partial charge in [0.05, 0.1) is 0 Å². The predicted molar refractivity (Wildman–Crippen MR) is 95.2 cm³/mol. The third-order valence-electron chi connectivity index (χ3n) is 4.79. The van der Waals surface area contributed by atoms with Crippen molar-refractivity contribution in [2.24, 2.45) is 5.41 Å². The lowest BCUT2D eigenvalue weighted by Gasteiger charge is -2.32. The highest BCUT2D eigenvalue weighted by Gasteiger charge is 2.30. The number of benzene rings is 1. The second-order valence-corrected chi connectivity index (χ2v) is 7.15. The van der Waals surface area contributed by atoms with E-state index in [4.69, 9.17) is 0 Å². The first-order chi connectivity index (χ1) is 11.6. The molecule has 0 saturated carbocycles. The van der Waals surface area contributed by atoms with E-state index in [1.165, 1.54) is 6.42 Å². The summed E-state index contributed by atoms with van der Waals surface area (Å²) in [6.45, 7) is 7.37. The fourth-order valence-corrected chi connectivity index (χ4v) is 3.42. The molecule has 128 valence electrons. The Kier molecular flexibility index (Phi) is 5.59. The first kappa shape index (κ1) is 17.1. The maximum absolute atomic E-state index is 13.2. The number of halogens is 1. The molecule has 0 aliphatic carbocycles. The minimum absolute atomic E-state index is 0.175. The zero-order valence-electron chi connectivity index (χ0n) is 14.3. The van der Waals surface area contributed by atoms with Crippen molar-refractivity contribution in [3.05, 3.63) is 65.7 Å². The van der Waals surface area contributed by atoms with Crippen LogP contribution in [0.2, 0.25) is 0 Å². The summed E-state index contributed by atoms with van der Waals surface area (Å²) < 4.78 is 13.2. The highest BCUT2D eigenvalue weighted by Crippen LogP contribution is 2.26. The van der Waals surface area contributed by atoms with Crippen LogP contribution < -0.4 is 5.32 Å². The lowest BCUT2D eigenvalue weighted by molar-refractivity contribution is 0.172. The molecule has 1 aliphatic heterocycles. The molecule has 1 N–H and O–H groups in total. The molecule has 1 aromatic heterocycles. The summed E-state index contributed by atoms with van der Waals surface area (Å²) in [5.74, 6) is -0.175. The summed E-state index contributed by atoms with van der Waals surface area (Å²) in [5.41, 5.74) is 2.59. The summed E-state index contributed by atoms with van der Waals surface area (Å²) in [5, 5.41) is 3.47. The maximum atomic E-state index is 13.2. The Morgan fingerprint density at radius 1 is 1.21 bits per heavy atom. The Balaban J connectivity index is 1.66. The van der Waals surface area contributed by atoms with Gasteiger partial charge >= 0.3 is 0 Å². The molecule has 0 amide bonds. The van der Waals surface area contributed by atoms with Gasteiger partial charge in [-0.05, 0) is 48.2 Å². The van der Waals surface area contributed by atoms with Crippen LogP contribution in [0.15, 0.2) is 48.7 Å². The molecule has 3 rings (SSSR count). The Morgan fingerprint density at radius 3 is 2.71 bits per heavy atom. The van der Waals surface area contributed by atoms with Crippen molar-refractivity contribution in [3.63, 3.8) is 0 Å². The Bertz CT molecular complexity index is 621. The molecular weight excluding hydrogens is 301 g/mol. The normalized spacial score (nSPS) is 20.6. The van der Waals surface area contributed by atoms with Gasteiger partial charge in [-0.2, -0.15) is 0 Å². The van der Waals surface area contributed by atoms with Gasteiger partial charge in [-0.25, -0.2) is 4.39 Å². The van der Waals surface area contributed by atoms with Gasteiger partial charge in [-0.3, -0.25) is 9.88 Å². The van der Waals surface area contributed by atoms with Gasteiger partial charge < -0.3 is 5.32 Å². The van der Waals surface area contributed by atoms with Crippen LogP contribution in [0.3, 0.4) is 0 Å². The number of hydrogen-bond donors (Lipinski definition) is 1. The number of nitrogens with one attached hydrogen (secondary N) is 1. The van der Waals surface area contributed by atoms with Crippen molar-refractivity contribution in [1.29, 1.82) is 0 Å². The van der Waals surface area contributed by atoms with Crippen molar-refractivity contribution in [2.75, 3.05) is 26.2 Å². The smallest absolute Gasteiger partial charge is 0.123 e. The standard InChI is InChI=1S/C20H26FN3/c1-20(10-12-22-15-20)16-24(13-9-19-4-2-3-11-23-19)14-17-5-7-18(21)8-6-17/h2-8,11,22H,9-10,12-16H2,1H3. The van der Waals surface area contributed by atoms with E-state index in [1.54, 1.807) is 12.1 Å². The fourth-order valence-electron chi connectivity index (χ4n) is 3.42. The van der Waals surface area contributed by atoms with E-state index in [0.29, 0.717) is 5.41 Å². The third kappa shape index (κ3) is 4.86. The molecule has 2 aromatic rings. The molecule has 0 spiro atoms. The van der Waals surface area contributed by atoms with E-state index in [9.17, 15) is 4.39 Å². The number of pyridine rings is 1. The van der Waals surface area contributed by atoms with Crippen LogP contribution in [0.5, 0.6) is 0 Å². The van der Waals surface area contributed by atoms with Gasteiger partial charge in [0.25, 0.3) is 0 Å². The highest BCUT2D eigenvalue weighted by molar-refractivity contribution is 5.16. The molecule has 2 heterocycles. The van der Waals surface area contributed by atoms with E-state index in [2.05, 4.69) is 28.2 Å². The van der Waals surface area contributed by atoms with Gasteiger partial charge in [-0.15, -0.1) is 0 Å². The minimum Gasteiger partial charge on any atom is -0.316 e. The zero-order valence-corrected chi connectivity index (χ0v) is 14.3. The minimum atomic E-state index is -0.175. The maximum Gasteiger partial charge on any atom is 0.123 e. The van der Waals surface area contributed by atoms with Crippen molar-refractivity contribution < 1.29 is 4.39 Å². The van der Waals surface area contributed by atoms with Crippen molar-refractivity contribution in [2.45, 2.75) is 26.3 Å². The first-order valence-corrected chi connectivity index (χ1v) is 8.70. The predicted octanol–water partition coefficient (Wildman–Crippen LogP) is 3.27. The largest absolute Gasteiger partial charge is 0.316 e. The highest BCUT2D eigenvalue weighted by atomic mass is 19.1. The average Bonchev–Trinajstić information content (AvgIpc) is 3.02. The van der Waals surface area contributed by atoms with Gasteiger partial charge in [-0.1, -0.05) is 25.1 Å². The molecule has 4 heteroatoms. The molecule has 1 atom stereocenters. The van der Waals surface area contributed by atoms with Gasteiger partial charge in [0.15, 0.2) is 0 Å². The third-order valence-corrected chi connectivity index (χ3v) is 4.79. The topological polar surface area (TPSA) is 28.2 Å². The summed E-state index contributed by atoms with van der Waals surface area (Å²) in [6.07, 6.45) is 3.99. The Labute approximate surface area is 143 Å². The van der Waals surface area contributed by atoms with Crippen LogP contribution in [0.25, 0.3) is 0 Å². The molecule has 0 bridgehead atoms. The zero-order chi connectivity index (χ0) is 16.8. The molecule has 24 heavy (non-hydrogen) atoms. The quantitative estimate of drug-likeness (QED) is 0.846. The lowest BCUT2D eigenvalue weighted by Crippen LogP contribution is -2.38. The van der Waals surface area contributed by atoms with Crippen LogP contribution in [-0.2, 0) is 13.0 Å². The van der Waals surface area contributed by atoms with Gasteiger partial charge in [0.1, 0.15) is 5.82 Å². The van der Waals surface area contributed by atoms with E-state index in [-0.39, 0.29) is 5.82 Å². The average molecular weight is 327 g/mol. The van der Waals surface area contributed by atoms with Crippen molar-refractivity contribution in [1.82, 2.24) is 15.2 Å². The van der Waals surface area contributed by atoms with Crippen LogP contribution >= 0.6 is 0 Å². The lowest BCUT2D eigenvalue weighted by atomic mass is 9.89. The van der Waals surface area contributed by atoms with E-state index >= 15 is 0 Å². The summed E-state index contributed by atoms with van der Waals surface area (Å²) in [6, 6.07) is 12.9. The molecule has 1 aromatic carbocycles. The van der Waals surface area contributed by atoms with Crippen LogP contribution in [-0.4, -0.2) is 36.1 Å². The van der Waals surface area contributed by atoms with Crippen LogP contribution in [0.4, 0.5) is 4.39 Å². The Morgan fingerprint density at radius 2 is 2.04 bits per heavy atom. The van der Waals surface area contributed by atoms with Crippen molar-refractivity contribution >= 4 is 0 Å². The Hall–Kier alpha value is -1.78. The molecule has 1 unspecified atom stereocenters. The van der Waals surface area contributed by atoms with Crippen molar-refractivity contribution in [3.8, 4) is 0 Å². The van der Waals surface area contributed by atoms with E-state index in [0.717, 1.165) is 50.4 Å². The molecule has 1 aliphatic rings. The summed E-state index contributed by atoms with van der Waals surface area (Å²) >= 11 is 0. The molecule has 3 nitrogen and oxygen atoms in total. The van der Waals surface area contributed by atoms with Crippen LogP contribution in [0, 0.1) is 11.2 Å². The molecular formula is C20H26FN3. The SMILES string of the molecule is CC1(CN(CCc2ccccn2)Cc2ccc(F)cc2)CCNC1. The van der Waals surface area contributed by atoms with Gasteiger partial charge in [0, 0.05) is 44.5 Å².